The molecule has 0 aliphatic carbocycles. The van der Waals surface area contributed by atoms with Gasteiger partial charge in [0, 0.05) is 12.1 Å². The van der Waals surface area contributed by atoms with Crippen LogP contribution in [0.3, 0.4) is 0 Å². The van der Waals surface area contributed by atoms with Crippen molar-refractivity contribution in [2.24, 2.45) is 0 Å². The minimum atomic E-state index is -0.415. The number of halogens is 1. The largest absolute Gasteiger partial charge is 0.488 e. The van der Waals surface area contributed by atoms with Crippen LogP contribution in [0.1, 0.15) is 5.56 Å². The third-order valence-electron chi connectivity index (χ3n) is 2.35. The molecule has 0 amide bonds. The first-order chi connectivity index (χ1) is 8.66. The number of para-hydroxylation sites is 1. The van der Waals surface area contributed by atoms with Gasteiger partial charge in [0.25, 0.3) is 5.69 Å². The lowest BCUT2D eigenvalue weighted by molar-refractivity contribution is -0.384. The molecule has 0 saturated carbocycles. The molecule has 5 heteroatoms. The molecular formula is C13H10BrNO3. The fourth-order valence-corrected chi connectivity index (χ4v) is 1.88. The monoisotopic (exact) mass is 307 g/mol. The average Bonchev–Trinajstić information content (AvgIpc) is 2.38. The molecule has 0 fully saturated rings. The predicted molar refractivity (Wildman–Crippen MR) is 71.6 cm³/mol. The zero-order valence-electron chi connectivity index (χ0n) is 9.38. The first-order valence-corrected chi connectivity index (χ1v) is 6.07. The van der Waals surface area contributed by atoms with E-state index in [4.69, 9.17) is 4.74 Å². The molecule has 0 bridgehead atoms. The lowest BCUT2D eigenvalue weighted by Gasteiger charge is -2.07. The summed E-state index contributed by atoms with van der Waals surface area (Å²) < 4.78 is 6.44. The number of hydrogen-bond acceptors (Lipinski definition) is 3. The molecule has 4 nitrogen and oxygen atoms in total. The number of benzene rings is 2. The van der Waals surface area contributed by atoms with Gasteiger partial charge in [0.2, 0.25) is 0 Å². The van der Waals surface area contributed by atoms with E-state index in [1.165, 1.54) is 12.1 Å². The van der Waals surface area contributed by atoms with E-state index < -0.39 is 4.92 Å². The number of nitrogens with zero attached hydrogens (tertiary/aromatic N) is 1. The molecule has 2 aromatic rings. The Morgan fingerprint density at radius 1 is 1.17 bits per heavy atom. The fraction of sp³-hybridized carbons (Fsp3) is 0.0769. The van der Waals surface area contributed by atoms with Crippen LogP contribution in [0.5, 0.6) is 5.75 Å². The van der Waals surface area contributed by atoms with Gasteiger partial charge in [-0.25, -0.2) is 0 Å². The third-order valence-corrected chi connectivity index (χ3v) is 3.01. The van der Waals surface area contributed by atoms with E-state index in [0.717, 1.165) is 10.0 Å². The number of nitro groups is 1. The smallest absolute Gasteiger partial charge is 0.269 e. The minimum Gasteiger partial charge on any atom is -0.488 e. The maximum Gasteiger partial charge on any atom is 0.269 e. The van der Waals surface area contributed by atoms with Crippen molar-refractivity contribution < 1.29 is 9.66 Å². The van der Waals surface area contributed by atoms with Crippen molar-refractivity contribution in [3.05, 3.63) is 68.7 Å². The number of nitro benzene ring substituents is 1. The van der Waals surface area contributed by atoms with E-state index in [-0.39, 0.29) is 5.69 Å². The molecule has 92 valence electrons. The Labute approximate surface area is 112 Å². The van der Waals surface area contributed by atoms with E-state index in [9.17, 15) is 10.1 Å². The van der Waals surface area contributed by atoms with Gasteiger partial charge in [-0.05, 0) is 33.6 Å². The zero-order valence-corrected chi connectivity index (χ0v) is 11.0. The zero-order chi connectivity index (χ0) is 13.0. The minimum absolute atomic E-state index is 0.0724. The van der Waals surface area contributed by atoms with Crippen LogP contribution in [0.4, 0.5) is 5.69 Å². The number of non-ortho nitro benzene ring substituents is 1. The van der Waals surface area contributed by atoms with Gasteiger partial charge in [-0.15, -0.1) is 0 Å². The van der Waals surface area contributed by atoms with Crippen molar-refractivity contribution in [1.82, 2.24) is 0 Å². The molecule has 2 aromatic carbocycles. The second-order valence-electron chi connectivity index (χ2n) is 3.65. The first kappa shape index (κ1) is 12.6. The highest BCUT2D eigenvalue weighted by Gasteiger charge is 2.06. The van der Waals surface area contributed by atoms with Gasteiger partial charge in [-0.3, -0.25) is 10.1 Å². The lowest BCUT2D eigenvalue weighted by atomic mass is 10.2. The quantitative estimate of drug-likeness (QED) is 0.635. The van der Waals surface area contributed by atoms with Crippen molar-refractivity contribution in [2.45, 2.75) is 6.61 Å². The summed E-state index contributed by atoms with van der Waals surface area (Å²) >= 11 is 3.37. The Kier molecular flexibility index (Phi) is 3.94. The Balaban J connectivity index is 2.09. The normalized spacial score (nSPS) is 10.1. The molecule has 0 N–H and O–H groups in total. The Morgan fingerprint density at radius 2 is 1.94 bits per heavy atom. The second kappa shape index (κ2) is 5.64. The second-order valence-corrected chi connectivity index (χ2v) is 4.50. The van der Waals surface area contributed by atoms with E-state index in [0.29, 0.717) is 12.4 Å². The molecule has 0 unspecified atom stereocenters. The molecule has 0 heterocycles. The molecule has 0 saturated heterocycles. The van der Waals surface area contributed by atoms with E-state index in [2.05, 4.69) is 15.9 Å². The Hall–Kier alpha value is -1.88. The van der Waals surface area contributed by atoms with Crippen LogP contribution in [0.2, 0.25) is 0 Å². The van der Waals surface area contributed by atoms with Crippen molar-refractivity contribution >= 4 is 21.6 Å². The highest BCUT2D eigenvalue weighted by Crippen LogP contribution is 2.25. The Bertz CT molecular complexity index is 572. The molecular weight excluding hydrogens is 298 g/mol. The van der Waals surface area contributed by atoms with Crippen LogP contribution in [-0.4, -0.2) is 4.92 Å². The summed E-state index contributed by atoms with van der Waals surface area (Å²) in [5.74, 6) is 0.712. The van der Waals surface area contributed by atoms with E-state index in [1.807, 2.05) is 24.3 Å². The summed E-state index contributed by atoms with van der Waals surface area (Å²) in [4.78, 5) is 10.2. The topological polar surface area (TPSA) is 52.4 Å². The number of ether oxygens (including phenoxy) is 1. The summed E-state index contributed by atoms with van der Waals surface area (Å²) in [6, 6.07) is 13.9. The van der Waals surface area contributed by atoms with Crippen LogP contribution in [0, 0.1) is 10.1 Å². The van der Waals surface area contributed by atoms with Crippen molar-refractivity contribution in [1.29, 1.82) is 0 Å². The standard InChI is InChI=1S/C13H10BrNO3/c14-12-6-1-2-7-13(12)18-9-10-4-3-5-11(8-10)15(16)17/h1-8H,9H2. The molecule has 2 rings (SSSR count). The van der Waals surface area contributed by atoms with Crippen molar-refractivity contribution in [2.75, 3.05) is 0 Å². The first-order valence-electron chi connectivity index (χ1n) is 5.27. The SMILES string of the molecule is O=[N+]([O-])c1cccc(COc2ccccc2Br)c1. The highest BCUT2D eigenvalue weighted by atomic mass is 79.9. The van der Waals surface area contributed by atoms with Crippen LogP contribution >= 0.6 is 15.9 Å². The molecule has 0 aliphatic rings. The van der Waals surface area contributed by atoms with Crippen LogP contribution < -0.4 is 4.74 Å². The van der Waals surface area contributed by atoms with Crippen molar-refractivity contribution in [3.63, 3.8) is 0 Å². The van der Waals surface area contributed by atoms with Gasteiger partial charge in [0.15, 0.2) is 0 Å². The molecule has 18 heavy (non-hydrogen) atoms. The van der Waals surface area contributed by atoms with Gasteiger partial charge in [0.05, 0.1) is 9.40 Å². The molecule has 0 aliphatic heterocycles. The maximum absolute atomic E-state index is 10.6. The van der Waals surface area contributed by atoms with E-state index >= 15 is 0 Å². The summed E-state index contributed by atoms with van der Waals surface area (Å²) in [6.45, 7) is 0.296. The number of rotatable bonds is 4. The molecule has 0 radical (unpaired) electrons. The van der Waals surface area contributed by atoms with Crippen LogP contribution in [-0.2, 0) is 6.61 Å². The predicted octanol–water partition coefficient (Wildman–Crippen LogP) is 3.94. The van der Waals surface area contributed by atoms with E-state index in [1.54, 1.807) is 12.1 Å². The third kappa shape index (κ3) is 3.07. The highest BCUT2D eigenvalue weighted by molar-refractivity contribution is 9.10. The number of hydrogen-bond donors (Lipinski definition) is 0. The molecule has 0 atom stereocenters. The molecule has 0 spiro atoms. The lowest BCUT2D eigenvalue weighted by Crippen LogP contribution is -1.97. The fourth-order valence-electron chi connectivity index (χ4n) is 1.48. The summed E-state index contributed by atoms with van der Waals surface area (Å²) in [6.07, 6.45) is 0. The summed E-state index contributed by atoms with van der Waals surface area (Å²) in [5.41, 5.74) is 0.836. The Morgan fingerprint density at radius 3 is 2.67 bits per heavy atom. The average molecular weight is 308 g/mol. The van der Waals surface area contributed by atoms with Crippen LogP contribution in [0.15, 0.2) is 53.0 Å². The summed E-state index contributed by atoms with van der Waals surface area (Å²) in [5, 5.41) is 10.6. The van der Waals surface area contributed by atoms with Crippen molar-refractivity contribution in [3.8, 4) is 5.75 Å². The van der Waals surface area contributed by atoms with Gasteiger partial charge in [-0.2, -0.15) is 0 Å². The van der Waals surface area contributed by atoms with Gasteiger partial charge < -0.3 is 4.74 Å². The van der Waals surface area contributed by atoms with Gasteiger partial charge in [0.1, 0.15) is 12.4 Å². The van der Waals surface area contributed by atoms with Crippen LogP contribution in [0.25, 0.3) is 0 Å². The van der Waals surface area contributed by atoms with Gasteiger partial charge >= 0.3 is 0 Å². The maximum atomic E-state index is 10.6. The summed E-state index contributed by atoms with van der Waals surface area (Å²) in [7, 11) is 0. The molecule has 0 aromatic heterocycles. The van der Waals surface area contributed by atoms with Gasteiger partial charge in [-0.1, -0.05) is 24.3 Å².